The lowest BCUT2D eigenvalue weighted by molar-refractivity contribution is 0.292. The van der Waals surface area contributed by atoms with Gasteiger partial charge in [0.05, 0.1) is 5.02 Å². The van der Waals surface area contributed by atoms with E-state index in [-0.39, 0.29) is 10.6 Å². The number of hydrogen-bond donors (Lipinski definition) is 1. The average molecular weight is 246 g/mol. The molecule has 0 aliphatic heterocycles. The van der Waals surface area contributed by atoms with Gasteiger partial charge in [-0.15, -0.1) is 0 Å². The number of hydrogen-bond acceptors (Lipinski definition) is 1. The lowest BCUT2D eigenvalue weighted by Crippen LogP contribution is -2.39. The second-order valence-corrected chi connectivity index (χ2v) is 4.87. The summed E-state index contributed by atoms with van der Waals surface area (Å²) in [7, 11) is 0. The molecule has 0 atom stereocenters. The zero-order valence-electron chi connectivity index (χ0n) is 8.90. The van der Waals surface area contributed by atoms with Gasteiger partial charge in [0.2, 0.25) is 0 Å². The molecule has 1 aromatic rings. The molecule has 1 nitrogen and oxygen atoms in total. The van der Waals surface area contributed by atoms with E-state index in [9.17, 15) is 8.78 Å². The first-order chi connectivity index (χ1) is 7.53. The monoisotopic (exact) mass is 245 g/mol. The largest absolute Gasteiger partial charge is 0.321 e. The van der Waals surface area contributed by atoms with Crippen LogP contribution in [0.4, 0.5) is 8.78 Å². The molecule has 0 aromatic heterocycles. The van der Waals surface area contributed by atoms with Crippen molar-refractivity contribution in [3.05, 3.63) is 34.4 Å². The van der Waals surface area contributed by atoms with Crippen LogP contribution in [0.5, 0.6) is 0 Å². The van der Waals surface area contributed by atoms with Crippen LogP contribution in [0, 0.1) is 11.6 Å². The van der Waals surface area contributed by atoms with Gasteiger partial charge in [-0.2, -0.15) is 0 Å². The predicted molar refractivity (Wildman–Crippen MR) is 60.3 cm³/mol. The molecule has 2 N–H and O–H groups in total. The Morgan fingerprint density at radius 2 is 1.75 bits per heavy atom. The zero-order chi connectivity index (χ0) is 11.8. The van der Waals surface area contributed by atoms with E-state index in [1.165, 1.54) is 6.07 Å². The molecule has 1 aliphatic rings. The van der Waals surface area contributed by atoms with Gasteiger partial charge < -0.3 is 5.73 Å². The minimum absolute atomic E-state index is 0.189. The fourth-order valence-electron chi connectivity index (χ4n) is 2.37. The van der Waals surface area contributed by atoms with Crippen molar-refractivity contribution in [1.82, 2.24) is 0 Å². The quantitative estimate of drug-likeness (QED) is 0.750. The van der Waals surface area contributed by atoms with E-state index >= 15 is 0 Å². The fraction of sp³-hybridized carbons (Fsp3) is 0.500. The fourth-order valence-corrected chi connectivity index (χ4v) is 2.58. The standard InChI is InChI=1S/C12H14ClF2N/c13-10-7-8(14)6-9(11(10)15)12(16)4-2-1-3-5-12/h6-7H,1-5,16H2. The van der Waals surface area contributed by atoms with Gasteiger partial charge in [0.25, 0.3) is 0 Å². The first kappa shape index (κ1) is 11.8. The molecule has 1 saturated carbocycles. The lowest BCUT2D eigenvalue weighted by atomic mass is 9.77. The predicted octanol–water partition coefficient (Wildman–Crippen LogP) is 3.74. The van der Waals surface area contributed by atoms with Crippen LogP contribution in [-0.4, -0.2) is 0 Å². The summed E-state index contributed by atoms with van der Waals surface area (Å²) in [5.74, 6) is -1.11. The molecule has 0 unspecified atom stereocenters. The number of nitrogens with two attached hydrogens (primary N) is 1. The van der Waals surface area contributed by atoms with Gasteiger partial charge in [-0.1, -0.05) is 30.9 Å². The molecule has 1 aliphatic carbocycles. The summed E-state index contributed by atoms with van der Waals surface area (Å²) >= 11 is 5.63. The summed E-state index contributed by atoms with van der Waals surface area (Å²) in [4.78, 5) is 0. The molecule has 4 heteroatoms. The van der Waals surface area contributed by atoms with Gasteiger partial charge in [0.1, 0.15) is 11.6 Å². The molecule has 0 bridgehead atoms. The van der Waals surface area contributed by atoms with Gasteiger partial charge in [-0.05, 0) is 25.0 Å². The number of halogens is 3. The van der Waals surface area contributed by atoms with E-state index in [0.29, 0.717) is 12.8 Å². The topological polar surface area (TPSA) is 26.0 Å². The molecular formula is C12H14ClF2N. The van der Waals surface area contributed by atoms with Crippen LogP contribution in [0.15, 0.2) is 12.1 Å². The van der Waals surface area contributed by atoms with E-state index < -0.39 is 17.2 Å². The highest BCUT2D eigenvalue weighted by atomic mass is 35.5. The molecule has 0 saturated heterocycles. The molecule has 0 heterocycles. The van der Waals surface area contributed by atoms with Gasteiger partial charge in [0, 0.05) is 11.1 Å². The first-order valence-corrected chi connectivity index (χ1v) is 5.85. The van der Waals surface area contributed by atoms with Gasteiger partial charge in [0.15, 0.2) is 0 Å². The molecule has 0 spiro atoms. The summed E-state index contributed by atoms with van der Waals surface area (Å²) in [5, 5.41) is -0.189. The van der Waals surface area contributed by atoms with Crippen molar-refractivity contribution in [1.29, 1.82) is 0 Å². The second kappa shape index (κ2) is 4.30. The molecule has 16 heavy (non-hydrogen) atoms. The maximum absolute atomic E-state index is 13.8. The van der Waals surface area contributed by atoms with Crippen LogP contribution >= 0.6 is 11.6 Å². The number of rotatable bonds is 1. The molecule has 1 fully saturated rings. The molecule has 1 aromatic carbocycles. The maximum Gasteiger partial charge on any atom is 0.147 e. The van der Waals surface area contributed by atoms with Crippen molar-refractivity contribution >= 4 is 11.6 Å². The van der Waals surface area contributed by atoms with Crippen molar-refractivity contribution < 1.29 is 8.78 Å². The van der Waals surface area contributed by atoms with E-state index in [4.69, 9.17) is 17.3 Å². The smallest absolute Gasteiger partial charge is 0.147 e. The second-order valence-electron chi connectivity index (χ2n) is 4.47. The van der Waals surface area contributed by atoms with Crippen LogP contribution in [-0.2, 0) is 5.54 Å². The Bertz CT molecular complexity index is 400. The highest BCUT2D eigenvalue weighted by Crippen LogP contribution is 2.37. The van der Waals surface area contributed by atoms with Crippen molar-refractivity contribution in [3.8, 4) is 0 Å². The highest BCUT2D eigenvalue weighted by Gasteiger charge is 2.33. The third-order valence-corrected chi connectivity index (χ3v) is 3.55. The summed E-state index contributed by atoms with van der Waals surface area (Å²) in [6, 6.07) is 2.15. The Labute approximate surface area is 98.6 Å². The normalized spacial score (nSPS) is 19.8. The van der Waals surface area contributed by atoms with Gasteiger partial charge in [-0.3, -0.25) is 0 Å². The Kier molecular flexibility index (Phi) is 3.17. The van der Waals surface area contributed by atoms with E-state index in [1.807, 2.05) is 0 Å². The third kappa shape index (κ3) is 2.06. The SMILES string of the molecule is NC1(c2cc(F)cc(Cl)c2F)CCCCC1. The van der Waals surface area contributed by atoms with Crippen LogP contribution in [0.3, 0.4) is 0 Å². The zero-order valence-corrected chi connectivity index (χ0v) is 9.66. The van der Waals surface area contributed by atoms with Crippen molar-refractivity contribution in [2.45, 2.75) is 37.6 Å². The summed E-state index contributed by atoms with van der Waals surface area (Å²) in [6.07, 6.45) is 4.37. The molecular weight excluding hydrogens is 232 g/mol. The van der Waals surface area contributed by atoms with Gasteiger partial charge >= 0.3 is 0 Å². The Balaban J connectivity index is 2.45. The van der Waals surface area contributed by atoms with E-state index in [1.54, 1.807) is 0 Å². The van der Waals surface area contributed by atoms with E-state index in [0.717, 1.165) is 25.3 Å². The average Bonchev–Trinajstić information content (AvgIpc) is 2.24. The Hall–Kier alpha value is -0.670. The third-order valence-electron chi connectivity index (χ3n) is 3.28. The summed E-state index contributed by atoms with van der Waals surface area (Å²) < 4.78 is 27.1. The first-order valence-electron chi connectivity index (χ1n) is 5.47. The highest BCUT2D eigenvalue weighted by molar-refractivity contribution is 6.30. The minimum Gasteiger partial charge on any atom is -0.321 e. The Morgan fingerprint density at radius 1 is 1.12 bits per heavy atom. The maximum atomic E-state index is 13.8. The van der Waals surface area contributed by atoms with Crippen molar-refractivity contribution in [3.63, 3.8) is 0 Å². The summed E-state index contributed by atoms with van der Waals surface area (Å²) in [5.41, 5.74) is 5.62. The molecule has 2 rings (SSSR count). The lowest BCUT2D eigenvalue weighted by Gasteiger charge is -2.34. The van der Waals surface area contributed by atoms with Crippen LogP contribution < -0.4 is 5.73 Å². The minimum atomic E-state index is -0.756. The van der Waals surface area contributed by atoms with Crippen molar-refractivity contribution in [2.75, 3.05) is 0 Å². The molecule has 88 valence electrons. The van der Waals surface area contributed by atoms with E-state index in [2.05, 4.69) is 0 Å². The summed E-state index contributed by atoms with van der Waals surface area (Å²) in [6.45, 7) is 0. The van der Waals surface area contributed by atoms with Crippen LogP contribution in [0.2, 0.25) is 5.02 Å². The van der Waals surface area contributed by atoms with Crippen LogP contribution in [0.1, 0.15) is 37.7 Å². The molecule has 0 radical (unpaired) electrons. The van der Waals surface area contributed by atoms with Gasteiger partial charge in [-0.25, -0.2) is 8.78 Å². The molecule has 0 amide bonds. The number of benzene rings is 1. The Morgan fingerprint density at radius 3 is 2.38 bits per heavy atom. The van der Waals surface area contributed by atoms with Crippen molar-refractivity contribution in [2.24, 2.45) is 5.73 Å². The van der Waals surface area contributed by atoms with Crippen LogP contribution in [0.25, 0.3) is 0 Å².